The van der Waals surface area contributed by atoms with Gasteiger partial charge < -0.3 is 10.1 Å². The van der Waals surface area contributed by atoms with E-state index in [0.29, 0.717) is 17.7 Å². The third-order valence-electron chi connectivity index (χ3n) is 4.11. The Kier molecular flexibility index (Phi) is 6.00. The van der Waals surface area contributed by atoms with Crippen LogP contribution in [0.15, 0.2) is 78.9 Å². The Morgan fingerprint density at radius 1 is 0.889 bits per heavy atom. The average molecular weight is 359 g/mol. The molecule has 0 aromatic heterocycles. The molecule has 0 fully saturated rings. The summed E-state index contributed by atoms with van der Waals surface area (Å²) in [6, 6.07) is 24.7. The fourth-order valence-corrected chi connectivity index (χ4v) is 2.82. The van der Waals surface area contributed by atoms with Crippen molar-refractivity contribution in [2.45, 2.75) is 13.3 Å². The summed E-state index contributed by atoms with van der Waals surface area (Å²) in [6.07, 6.45) is 0.627. The van der Waals surface area contributed by atoms with Crippen LogP contribution in [0.4, 0.5) is 5.69 Å². The molecule has 0 bridgehead atoms. The highest BCUT2D eigenvalue weighted by atomic mass is 16.5. The minimum Gasteiger partial charge on any atom is -0.452 e. The van der Waals surface area contributed by atoms with Gasteiger partial charge in [0.25, 0.3) is 5.91 Å². The molecular formula is C23H21NO3. The summed E-state index contributed by atoms with van der Waals surface area (Å²) in [6.45, 7) is 1.62. The third-order valence-corrected chi connectivity index (χ3v) is 4.11. The van der Waals surface area contributed by atoms with Crippen molar-refractivity contribution in [1.82, 2.24) is 0 Å². The summed E-state index contributed by atoms with van der Waals surface area (Å²) in [4.78, 5) is 24.5. The number of nitrogens with one attached hydrogen (secondary N) is 1. The molecule has 0 radical (unpaired) electrons. The van der Waals surface area contributed by atoms with Gasteiger partial charge in [0, 0.05) is 5.69 Å². The van der Waals surface area contributed by atoms with Crippen molar-refractivity contribution in [3.05, 3.63) is 101 Å². The first-order valence-corrected chi connectivity index (χ1v) is 8.77. The van der Waals surface area contributed by atoms with Crippen LogP contribution in [0, 0.1) is 6.92 Å². The molecule has 1 N–H and O–H groups in total. The van der Waals surface area contributed by atoms with E-state index in [1.807, 2.05) is 67.6 Å². The van der Waals surface area contributed by atoms with Crippen molar-refractivity contribution in [2.75, 3.05) is 11.9 Å². The molecule has 3 rings (SSSR count). The molecule has 27 heavy (non-hydrogen) atoms. The quantitative estimate of drug-likeness (QED) is 0.665. The molecule has 0 unspecified atom stereocenters. The lowest BCUT2D eigenvalue weighted by molar-refractivity contribution is -0.119. The summed E-state index contributed by atoms with van der Waals surface area (Å²) in [5.41, 5.74) is 4.17. The molecule has 0 spiro atoms. The maximum Gasteiger partial charge on any atom is 0.338 e. The molecule has 4 nitrogen and oxygen atoms in total. The normalized spacial score (nSPS) is 10.3. The van der Waals surface area contributed by atoms with E-state index < -0.39 is 5.97 Å². The van der Waals surface area contributed by atoms with Crippen LogP contribution in [0.2, 0.25) is 0 Å². The number of rotatable bonds is 6. The summed E-state index contributed by atoms with van der Waals surface area (Å²) >= 11 is 0. The van der Waals surface area contributed by atoms with E-state index in [2.05, 4.69) is 5.32 Å². The van der Waals surface area contributed by atoms with E-state index in [1.165, 1.54) is 0 Å². The van der Waals surface area contributed by atoms with Crippen LogP contribution < -0.4 is 5.32 Å². The Hall–Kier alpha value is -3.40. The minimum absolute atomic E-state index is 0.327. The summed E-state index contributed by atoms with van der Waals surface area (Å²) < 4.78 is 5.22. The zero-order valence-corrected chi connectivity index (χ0v) is 15.1. The largest absolute Gasteiger partial charge is 0.452 e. The van der Waals surface area contributed by atoms with Crippen LogP contribution in [-0.4, -0.2) is 18.5 Å². The Bertz CT molecular complexity index is 935. The van der Waals surface area contributed by atoms with Gasteiger partial charge in [0.1, 0.15) is 0 Å². The van der Waals surface area contributed by atoms with Crippen LogP contribution in [0.1, 0.15) is 27.0 Å². The predicted molar refractivity (Wildman–Crippen MR) is 106 cm³/mol. The number of carbonyl (C=O) groups excluding carboxylic acids is 2. The van der Waals surface area contributed by atoms with E-state index >= 15 is 0 Å². The molecule has 3 aromatic rings. The van der Waals surface area contributed by atoms with Gasteiger partial charge in [-0.15, -0.1) is 0 Å². The van der Waals surface area contributed by atoms with Crippen molar-refractivity contribution in [3.63, 3.8) is 0 Å². The van der Waals surface area contributed by atoms with Crippen molar-refractivity contribution in [3.8, 4) is 0 Å². The highest BCUT2D eigenvalue weighted by molar-refractivity contribution is 5.96. The molecule has 0 aliphatic heterocycles. The van der Waals surface area contributed by atoms with E-state index in [1.54, 1.807) is 18.2 Å². The van der Waals surface area contributed by atoms with Crippen LogP contribution >= 0.6 is 0 Å². The summed E-state index contributed by atoms with van der Waals surface area (Å²) in [5.74, 6) is -0.865. The summed E-state index contributed by atoms with van der Waals surface area (Å²) in [5, 5.41) is 2.73. The van der Waals surface area contributed by atoms with E-state index in [9.17, 15) is 9.59 Å². The standard InChI is InChI=1S/C23H21NO3/c1-17-8-7-12-20(14-17)24-22(25)16-27-23(26)21-13-6-5-11-19(21)15-18-9-3-2-4-10-18/h2-14H,15-16H2,1H3,(H,24,25). The summed E-state index contributed by atoms with van der Waals surface area (Å²) in [7, 11) is 0. The highest BCUT2D eigenvalue weighted by Gasteiger charge is 2.14. The predicted octanol–water partition coefficient (Wildman–Crippen LogP) is 4.38. The molecule has 1 amide bonds. The molecule has 0 atom stereocenters. The van der Waals surface area contributed by atoms with Gasteiger partial charge in [-0.2, -0.15) is 0 Å². The van der Waals surface area contributed by atoms with Gasteiger partial charge in [-0.3, -0.25) is 4.79 Å². The van der Waals surface area contributed by atoms with Crippen molar-refractivity contribution < 1.29 is 14.3 Å². The van der Waals surface area contributed by atoms with E-state index in [-0.39, 0.29) is 12.5 Å². The Morgan fingerprint density at radius 3 is 2.41 bits per heavy atom. The van der Waals surface area contributed by atoms with Gasteiger partial charge >= 0.3 is 5.97 Å². The molecule has 0 heterocycles. The number of carbonyl (C=O) groups is 2. The number of benzene rings is 3. The first-order valence-electron chi connectivity index (χ1n) is 8.77. The maximum atomic E-state index is 12.5. The second-order valence-corrected chi connectivity index (χ2v) is 6.31. The lowest BCUT2D eigenvalue weighted by atomic mass is 10.00. The number of aryl methyl sites for hydroxylation is 1. The van der Waals surface area contributed by atoms with Crippen molar-refractivity contribution >= 4 is 17.6 Å². The second-order valence-electron chi connectivity index (χ2n) is 6.31. The van der Waals surface area contributed by atoms with Crippen LogP contribution in [0.25, 0.3) is 0 Å². The minimum atomic E-state index is -0.499. The number of ether oxygens (including phenoxy) is 1. The molecule has 4 heteroatoms. The van der Waals surface area contributed by atoms with Crippen molar-refractivity contribution in [1.29, 1.82) is 0 Å². The second kappa shape index (κ2) is 8.81. The van der Waals surface area contributed by atoms with Crippen LogP contribution in [-0.2, 0) is 16.0 Å². The van der Waals surface area contributed by atoms with Gasteiger partial charge in [0.2, 0.25) is 0 Å². The Labute approximate surface area is 158 Å². The fraction of sp³-hybridized carbons (Fsp3) is 0.130. The molecule has 0 saturated heterocycles. The number of hydrogen-bond acceptors (Lipinski definition) is 3. The van der Waals surface area contributed by atoms with Gasteiger partial charge in [0.15, 0.2) is 6.61 Å². The number of esters is 1. The Balaban J connectivity index is 1.62. The number of amides is 1. The molecule has 0 aliphatic carbocycles. The monoisotopic (exact) mass is 359 g/mol. The molecular weight excluding hydrogens is 338 g/mol. The first-order chi connectivity index (χ1) is 13.1. The highest BCUT2D eigenvalue weighted by Crippen LogP contribution is 2.16. The van der Waals surface area contributed by atoms with E-state index in [4.69, 9.17) is 4.74 Å². The zero-order chi connectivity index (χ0) is 19.1. The van der Waals surface area contributed by atoms with Crippen LogP contribution in [0.5, 0.6) is 0 Å². The topological polar surface area (TPSA) is 55.4 Å². The lowest BCUT2D eigenvalue weighted by Gasteiger charge is -2.10. The van der Waals surface area contributed by atoms with Crippen LogP contribution in [0.3, 0.4) is 0 Å². The number of hydrogen-bond donors (Lipinski definition) is 1. The van der Waals surface area contributed by atoms with E-state index in [0.717, 1.165) is 16.7 Å². The average Bonchev–Trinajstić information content (AvgIpc) is 2.67. The van der Waals surface area contributed by atoms with Crippen molar-refractivity contribution in [2.24, 2.45) is 0 Å². The zero-order valence-electron chi connectivity index (χ0n) is 15.1. The van der Waals surface area contributed by atoms with Gasteiger partial charge in [-0.05, 0) is 48.2 Å². The Morgan fingerprint density at radius 2 is 1.63 bits per heavy atom. The SMILES string of the molecule is Cc1cccc(NC(=O)COC(=O)c2ccccc2Cc2ccccc2)c1. The van der Waals surface area contributed by atoms with Gasteiger partial charge in [-0.25, -0.2) is 4.79 Å². The molecule has 136 valence electrons. The first kappa shape index (κ1) is 18.4. The third kappa shape index (κ3) is 5.28. The fourth-order valence-electron chi connectivity index (χ4n) is 2.82. The molecule has 3 aromatic carbocycles. The lowest BCUT2D eigenvalue weighted by Crippen LogP contribution is -2.21. The maximum absolute atomic E-state index is 12.5. The smallest absolute Gasteiger partial charge is 0.338 e. The van der Waals surface area contributed by atoms with Gasteiger partial charge in [-0.1, -0.05) is 60.7 Å². The number of anilines is 1. The molecule has 0 saturated carbocycles. The molecule has 0 aliphatic rings. The van der Waals surface area contributed by atoms with Gasteiger partial charge in [0.05, 0.1) is 5.56 Å².